The predicted octanol–water partition coefficient (Wildman–Crippen LogP) is 4.27. The molecular formula is C14H10F3N. The van der Waals surface area contributed by atoms with E-state index in [0.29, 0.717) is 5.56 Å². The van der Waals surface area contributed by atoms with Gasteiger partial charge in [-0.2, -0.15) is 13.2 Å². The van der Waals surface area contributed by atoms with Gasteiger partial charge in [0.1, 0.15) is 0 Å². The van der Waals surface area contributed by atoms with Crippen molar-refractivity contribution in [2.45, 2.75) is 6.18 Å². The SMILES string of the molecule is FC(F)(F)c1cccc(/C=C/c2ccncc2)c1. The molecular weight excluding hydrogens is 239 g/mol. The minimum Gasteiger partial charge on any atom is -0.265 e. The van der Waals surface area contributed by atoms with E-state index in [1.165, 1.54) is 6.07 Å². The number of benzene rings is 1. The third-order valence-electron chi connectivity index (χ3n) is 2.39. The van der Waals surface area contributed by atoms with Crippen LogP contribution in [0.25, 0.3) is 12.2 Å². The second-order valence-corrected chi connectivity index (χ2v) is 3.74. The molecule has 0 amide bonds. The van der Waals surface area contributed by atoms with Crippen LogP contribution < -0.4 is 0 Å². The van der Waals surface area contributed by atoms with Gasteiger partial charge in [-0.15, -0.1) is 0 Å². The quantitative estimate of drug-likeness (QED) is 0.774. The molecule has 0 N–H and O–H groups in total. The Kier molecular flexibility index (Phi) is 3.46. The van der Waals surface area contributed by atoms with Crippen molar-refractivity contribution in [1.29, 1.82) is 0 Å². The fraction of sp³-hybridized carbons (Fsp3) is 0.0714. The van der Waals surface area contributed by atoms with Gasteiger partial charge in [-0.05, 0) is 35.4 Å². The van der Waals surface area contributed by atoms with Gasteiger partial charge in [0.15, 0.2) is 0 Å². The first kappa shape index (κ1) is 12.4. The zero-order valence-electron chi connectivity index (χ0n) is 9.35. The smallest absolute Gasteiger partial charge is 0.265 e. The minimum atomic E-state index is -4.31. The highest BCUT2D eigenvalue weighted by Gasteiger charge is 2.30. The van der Waals surface area contributed by atoms with Gasteiger partial charge in [-0.25, -0.2) is 0 Å². The van der Waals surface area contributed by atoms with Crippen molar-refractivity contribution in [2.75, 3.05) is 0 Å². The van der Waals surface area contributed by atoms with Gasteiger partial charge >= 0.3 is 6.18 Å². The van der Waals surface area contributed by atoms with Crippen LogP contribution in [0.15, 0.2) is 48.8 Å². The molecule has 0 fully saturated rings. The van der Waals surface area contributed by atoms with Crippen molar-refractivity contribution in [3.05, 3.63) is 65.5 Å². The van der Waals surface area contributed by atoms with Crippen molar-refractivity contribution in [3.63, 3.8) is 0 Å². The monoisotopic (exact) mass is 249 g/mol. The van der Waals surface area contributed by atoms with E-state index in [1.54, 1.807) is 42.7 Å². The number of rotatable bonds is 2. The summed E-state index contributed by atoms with van der Waals surface area (Å²) in [6, 6.07) is 8.78. The average molecular weight is 249 g/mol. The number of alkyl halides is 3. The molecule has 1 nitrogen and oxygen atoms in total. The van der Waals surface area contributed by atoms with E-state index in [2.05, 4.69) is 4.98 Å². The Morgan fingerprint density at radius 3 is 2.22 bits per heavy atom. The highest BCUT2D eigenvalue weighted by Crippen LogP contribution is 2.29. The predicted molar refractivity (Wildman–Crippen MR) is 64.6 cm³/mol. The lowest BCUT2D eigenvalue weighted by molar-refractivity contribution is -0.137. The molecule has 2 rings (SSSR count). The van der Waals surface area contributed by atoms with Gasteiger partial charge in [-0.1, -0.05) is 24.3 Å². The number of nitrogens with zero attached hydrogens (tertiary/aromatic N) is 1. The summed E-state index contributed by atoms with van der Waals surface area (Å²) in [6.45, 7) is 0. The molecule has 0 aliphatic rings. The molecule has 0 atom stereocenters. The van der Waals surface area contributed by atoms with Crippen LogP contribution in [0.2, 0.25) is 0 Å². The fourth-order valence-electron chi connectivity index (χ4n) is 1.49. The summed E-state index contributed by atoms with van der Waals surface area (Å²) in [6.07, 6.45) is 2.35. The van der Waals surface area contributed by atoms with Crippen LogP contribution in [-0.2, 0) is 6.18 Å². The third-order valence-corrected chi connectivity index (χ3v) is 2.39. The van der Waals surface area contributed by atoms with E-state index in [1.807, 2.05) is 0 Å². The van der Waals surface area contributed by atoms with Crippen molar-refractivity contribution in [1.82, 2.24) is 4.98 Å². The Hall–Kier alpha value is -2.10. The molecule has 18 heavy (non-hydrogen) atoms. The molecule has 0 saturated carbocycles. The fourth-order valence-corrected chi connectivity index (χ4v) is 1.49. The first-order valence-electron chi connectivity index (χ1n) is 5.31. The molecule has 1 aromatic carbocycles. The Labute approximate surface area is 103 Å². The zero-order valence-corrected chi connectivity index (χ0v) is 9.35. The molecule has 2 aromatic rings. The van der Waals surface area contributed by atoms with Crippen molar-refractivity contribution >= 4 is 12.2 Å². The summed E-state index contributed by atoms with van der Waals surface area (Å²) in [4.78, 5) is 3.86. The van der Waals surface area contributed by atoms with Gasteiger partial charge in [0.05, 0.1) is 5.56 Å². The summed E-state index contributed by atoms with van der Waals surface area (Å²) in [5.41, 5.74) is 0.767. The van der Waals surface area contributed by atoms with E-state index in [9.17, 15) is 13.2 Å². The summed E-state index contributed by atoms with van der Waals surface area (Å²) in [7, 11) is 0. The molecule has 1 aromatic heterocycles. The molecule has 0 bridgehead atoms. The molecule has 0 saturated heterocycles. The Bertz CT molecular complexity index is 544. The highest BCUT2D eigenvalue weighted by atomic mass is 19.4. The first-order chi connectivity index (χ1) is 8.55. The highest BCUT2D eigenvalue weighted by molar-refractivity contribution is 5.69. The molecule has 4 heteroatoms. The lowest BCUT2D eigenvalue weighted by Crippen LogP contribution is -2.04. The maximum Gasteiger partial charge on any atom is 0.416 e. The van der Waals surface area contributed by atoms with Gasteiger partial charge in [0.2, 0.25) is 0 Å². The Balaban J connectivity index is 2.23. The van der Waals surface area contributed by atoms with Gasteiger partial charge in [-0.3, -0.25) is 4.98 Å². The van der Waals surface area contributed by atoms with Crippen LogP contribution >= 0.6 is 0 Å². The maximum absolute atomic E-state index is 12.5. The van der Waals surface area contributed by atoms with Crippen molar-refractivity contribution < 1.29 is 13.2 Å². The summed E-state index contributed by atoms with van der Waals surface area (Å²) in [5.74, 6) is 0. The van der Waals surface area contributed by atoms with E-state index in [0.717, 1.165) is 17.7 Å². The Morgan fingerprint density at radius 2 is 1.56 bits per heavy atom. The molecule has 0 spiro atoms. The lowest BCUT2D eigenvalue weighted by Gasteiger charge is -2.06. The van der Waals surface area contributed by atoms with Gasteiger partial charge in [0, 0.05) is 12.4 Å². The van der Waals surface area contributed by atoms with Crippen LogP contribution in [-0.4, -0.2) is 4.98 Å². The van der Waals surface area contributed by atoms with E-state index in [-0.39, 0.29) is 0 Å². The summed E-state index contributed by atoms with van der Waals surface area (Å²) >= 11 is 0. The number of halogens is 3. The minimum absolute atomic E-state index is 0.515. The standard InChI is InChI=1S/C14H10F3N/c15-14(16,17)13-3-1-2-12(10-13)5-4-11-6-8-18-9-7-11/h1-10H/b5-4+. The van der Waals surface area contributed by atoms with Gasteiger partial charge < -0.3 is 0 Å². The molecule has 0 unspecified atom stereocenters. The second kappa shape index (κ2) is 5.04. The summed E-state index contributed by atoms with van der Waals surface area (Å²) < 4.78 is 37.5. The molecule has 0 aliphatic heterocycles. The topological polar surface area (TPSA) is 12.9 Å². The van der Waals surface area contributed by atoms with E-state index < -0.39 is 11.7 Å². The molecule has 92 valence electrons. The second-order valence-electron chi connectivity index (χ2n) is 3.74. The lowest BCUT2D eigenvalue weighted by atomic mass is 10.1. The van der Waals surface area contributed by atoms with Crippen LogP contribution in [0, 0.1) is 0 Å². The van der Waals surface area contributed by atoms with Crippen molar-refractivity contribution in [2.24, 2.45) is 0 Å². The van der Waals surface area contributed by atoms with Crippen molar-refractivity contribution in [3.8, 4) is 0 Å². The van der Waals surface area contributed by atoms with E-state index >= 15 is 0 Å². The average Bonchev–Trinajstić information content (AvgIpc) is 2.37. The van der Waals surface area contributed by atoms with Crippen LogP contribution in [0.3, 0.4) is 0 Å². The summed E-state index contributed by atoms with van der Waals surface area (Å²) in [5, 5.41) is 0. The van der Waals surface area contributed by atoms with Crippen LogP contribution in [0.5, 0.6) is 0 Å². The molecule has 1 heterocycles. The largest absolute Gasteiger partial charge is 0.416 e. The number of pyridine rings is 1. The zero-order chi connectivity index (χ0) is 13.0. The van der Waals surface area contributed by atoms with Gasteiger partial charge in [0.25, 0.3) is 0 Å². The first-order valence-corrected chi connectivity index (χ1v) is 5.31. The third kappa shape index (κ3) is 3.20. The molecule has 0 radical (unpaired) electrons. The van der Waals surface area contributed by atoms with Crippen LogP contribution in [0.1, 0.15) is 16.7 Å². The molecule has 0 aliphatic carbocycles. The van der Waals surface area contributed by atoms with Crippen LogP contribution in [0.4, 0.5) is 13.2 Å². The number of hydrogen-bond acceptors (Lipinski definition) is 1. The van der Waals surface area contributed by atoms with E-state index in [4.69, 9.17) is 0 Å². The normalized spacial score (nSPS) is 11.9. The Morgan fingerprint density at radius 1 is 0.889 bits per heavy atom. The number of aromatic nitrogens is 1. The maximum atomic E-state index is 12.5. The number of hydrogen-bond donors (Lipinski definition) is 0.